The number of hydrogen-bond acceptors (Lipinski definition) is 3. The zero-order chi connectivity index (χ0) is 11.5. The molecule has 0 aliphatic carbocycles. The van der Waals surface area contributed by atoms with Crippen molar-refractivity contribution in [3.8, 4) is 0 Å². The van der Waals surface area contributed by atoms with E-state index in [4.69, 9.17) is 5.11 Å². The molecule has 2 N–H and O–H groups in total. The molecule has 0 fully saturated rings. The van der Waals surface area contributed by atoms with E-state index in [1.807, 2.05) is 0 Å². The van der Waals surface area contributed by atoms with Crippen molar-refractivity contribution in [2.45, 2.75) is 0 Å². The zero-order valence-electron chi connectivity index (χ0n) is 8.18. The van der Waals surface area contributed by atoms with Gasteiger partial charge in [0, 0.05) is 17.0 Å². The average Bonchev–Trinajstić information content (AvgIpc) is 2.68. The SMILES string of the molecule is O=Cc1ccc2c(/C=C/C(=O)O)n[nH]c2c1. The van der Waals surface area contributed by atoms with Crippen LogP contribution < -0.4 is 0 Å². The molecule has 0 atom stereocenters. The third-order valence-corrected chi connectivity index (χ3v) is 2.14. The van der Waals surface area contributed by atoms with E-state index in [-0.39, 0.29) is 0 Å². The Labute approximate surface area is 90.4 Å². The summed E-state index contributed by atoms with van der Waals surface area (Å²) < 4.78 is 0. The van der Waals surface area contributed by atoms with Crippen LogP contribution in [0.2, 0.25) is 0 Å². The van der Waals surface area contributed by atoms with Crippen molar-refractivity contribution in [2.75, 3.05) is 0 Å². The first kappa shape index (κ1) is 10.1. The van der Waals surface area contributed by atoms with Gasteiger partial charge < -0.3 is 5.11 Å². The maximum atomic E-state index is 10.5. The summed E-state index contributed by atoms with van der Waals surface area (Å²) in [6, 6.07) is 5.04. The van der Waals surface area contributed by atoms with E-state index in [1.54, 1.807) is 18.2 Å². The molecule has 1 heterocycles. The number of nitrogens with zero attached hydrogens (tertiary/aromatic N) is 1. The lowest BCUT2D eigenvalue weighted by Crippen LogP contribution is -1.85. The first-order valence-corrected chi connectivity index (χ1v) is 4.55. The van der Waals surface area contributed by atoms with Gasteiger partial charge in [-0.05, 0) is 18.2 Å². The third-order valence-electron chi connectivity index (χ3n) is 2.14. The highest BCUT2D eigenvalue weighted by atomic mass is 16.4. The van der Waals surface area contributed by atoms with Crippen molar-refractivity contribution in [3.05, 3.63) is 35.5 Å². The number of carbonyl (C=O) groups excluding carboxylic acids is 1. The number of benzene rings is 1. The number of carboxylic acid groups (broad SMARTS) is 1. The van der Waals surface area contributed by atoms with Crippen LogP contribution in [0.25, 0.3) is 17.0 Å². The quantitative estimate of drug-likeness (QED) is 0.601. The van der Waals surface area contributed by atoms with Crippen LogP contribution in [0.5, 0.6) is 0 Å². The number of H-pyrrole nitrogens is 1. The first-order chi connectivity index (χ1) is 7.70. The van der Waals surface area contributed by atoms with Crippen LogP contribution in [-0.2, 0) is 4.79 Å². The van der Waals surface area contributed by atoms with Crippen LogP contribution in [0.15, 0.2) is 24.3 Å². The second kappa shape index (κ2) is 3.98. The molecule has 0 spiro atoms. The Morgan fingerprint density at radius 1 is 1.44 bits per heavy atom. The average molecular weight is 216 g/mol. The fraction of sp³-hybridized carbons (Fsp3) is 0. The Balaban J connectivity index is 2.49. The summed E-state index contributed by atoms with van der Waals surface area (Å²) >= 11 is 0. The molecule has 2 rings (SSSR count). The molecule has 5 heteroatoms. The lowest BCUT2D eigenvalue weighted by molar-refractivity contribution is -0.131. The van der Waals surface area contributed by atoms with Gasteiger partial charge >= 0.3 is 5.97 Å². The summed E-state index contributed by atoms with van der Waals surface area (Å²) in [4.78, 5) is 20.9. The second-order valence-corrected chi connectivity index (χ2v) is 3.20. The number of nitrogens with one attached hydrogen (secondary N) is 1. The van der Waals surface area contributed by atoms with Gasteiger partial charge in [-0.3, -0.25) is 9.89 Å². The highest BCUT2D eigenvalue weighted by Crippen LogP contribution is 2.17. The number of aldehydes is 1. The third kappa shape index (κ3) is 1.83. The van der Waals surface area contributed by atoms with Crippen LogP contribution in [0, 0.1) is 0 Å². The minimum atomic E-state index is -1.03. The van der Waals surface area contributed by atoms with Crippen LogP contribution >= 0.6 is 0 Å². The van der Waals surface area contributed by atoms with E-state index in [1.165, 1.54) is 6.08 Å². The van der Waals surface area contributed by atoms with Gasteiger partial charge in [0.1, 0.15) is 6.29 Å². The standard InChI is InChI=1S/C11H8N2O3/c14-6-7-1-2-8-9(3-4-11(15)16)12-13-10(8)5-7/h1-6H,(H,12,13)(H,15,16)/b4-3+. The fourth-order valence-corrected chi connectivity index (χ4v) is 1.41. The lowest BCUT2D eigenvalue weighted by atomic mass is 10.1. The highest BCUT2D eigenvalue weighted by molar-refractivity contribution is 5.93. The van der Waals surface area contributed by atoms with Gasteiger partial charge in [0.2, 0.25) is 0 Å². The number of aromatic amines is 1. The molecule has 1 aromatic heterocycles. The van der Waals surface area contributed by atoms with Crippen molar-refractivity contribution in [1.82, 2.24) is 10.2 Å². The summed E-state index contributed by atoms with van der Waals surface area (Å²) in [6.07, 6.45) is 3.16. The van der Waals surface area contributed by atoms with Crippen molar-refractivity contribution in [2.24, 2.45) is 0 Å². The second-order valence-electron chi connectivity index (χ2n) is 3.20. The highest BCUT2D eigenvalue weighted by Gasteiger charge is 2.03. The summed E-state index contributed by atoms with van der Waals surface area (Å²) in [6.45, 7) is 0. The summed E-state index contributed by atoms with van der Waals surface area (Å²) in [5.74, 6) is -1.03. The number of fused-ring (bicyclic) bond motifs is 1. The van der Waals surface area contributed by atoms with Gasteiger partial charge in [0.05, 0.1) is 11.2 Å². The van der Waals surface area contributed by atoms with Gasteiger partial charge in [0.15, 0.2) is 0 Å². The Bertz CT molecular complexity index is 584. The number of carboxylic acids is 1. The van der Waals surface area contributed by atoms with Crippen LogP contribution in [0.3, 0.4) is 0 Å². The molecule has 0 aliphatic rings. The Morgan fingerprint density at radius 3 is 2.94 bits per heavy atom. The van der Waals surface area contributed by atoms with Crippen molar-refractivity contribution in [3.63, 3.8) is 0 Å². The summed E-state index contributed by atoms with van der Waals surface area (Å²) in [5.41, 5.74) is 1.79. The smallest absolute Gasteiger partial charge is 0.328 e. The maximum Gasteiger partial charge on any atom is 0.328 e. The fourth-order valence-electron chi connectivity index (χ4n) is 1.41. The lowest BCUT2D eigenvalue weighted by Gasteiger charge is -1.91. The first-order valence-electron chi connectivity index (χ1n) is 4.55. The molecule has 0 saturated carbocycles. The molecule has 0 amide bonds. The van der Waals surface area contributed by atoms with E-state index in [9.17, 15) is 9.59 Å². The Morgan fingerprint density at radius 2 is 2.25 bits per heavy atom. The maximum absolute atomic E-state index is 10.5. The normalized spacial score (nSPS) is 11.0. The van der Waals surface area contributed by atoms with E-state index >= 15 is 0 Å². The van der Waals surface area contributed by atoms with E-state index in [0.717, 1.165) is 17.7 Å². The number of hydrogen-bond donors (Lipinski definition) is 2. The van der Waals surface area contributed by atoms with Gasteiger partial charge in [-0.15, -0.1) is 0 Å². The van der Waals surface area contributed by atoms with Gasteiger partial charge in [-0.25, -0.2) is 4.79 Å². The monoisotopic (exact) mass is 216 g/mol. The predicted molar refractivity (Wildman–Crippen MR) is 58.2 cm³/mol. The molecule has 16 heavy (non-hydrogen) atoms. The van der Waals surface area contributed by atoms with Crippen LogP contribution in [-0.4, -0.2) is 27.6 Å². The van der Waals surface area contributed by atoms with Crippen molar-refractivity contribution < 1.29 is 14.7 Å². The van der Waals surface area contributed by atoms with Crippen LogP contribution in [0.4, 0.5) is 0 Å². The zero-order valence-corrected chi connectivity index (χ0v) is 8.18. The van der Waals surface area contributed by atoms with Crippen molar-refractivity contribution >= 4 is 29.2 Å². The minimum absolute atomic E-state index is 0.537. The molecule has 0 aliphatic heterocycles. The number of rotatable bonds is 3. The largest absolute Gasteiger partial charge is 0.478 e. The molecule has 2 aromatic rings. The number of aliphatic carboxylic acids is 1. The molecule has 5 nitrogen and oxygen atoms in total. The summed E-state index contributed by atoms with van der Waals surface area (Å²) in [5, 5.41) is 16.0. The van der Waals surface area contributed by atoms with E-state index < -0.39 is 5.97 Å². The van der Waals surface area contributed by atoms with Crippen LogP contribution in [0.1, 0.15) is 16.1 Å². The van der Waals surface area contributed by atoms with Gasteiger partial charge in [-0.2, -0.15) is 5.10 Å². The summed E-state index contributed by atoms with van der Waals surface area (Å²) in [7, 11) is 0. The molecule has 0 radical (unpaired) electrons. The molecule has 1 aromatic carbocycles. The Kier molecular flexibility index (Phi) is 2.51. The molecular formula is C11H8N2O3. The molecular weight excluding hydrogens is 208 g/mol. The van der Waals surface area contributed by atoms with Gasteiger partial charge in [-0.1, -0.05) is 6.07 Å². The van der Waals surface area contributed by atoms with Gasteiger partial charge in [0.25, 0.3) is 0 Å². The minimum Gasteiger partial charge on any atom is -0.478 e. The topological polar surface area (TPSA) is 83.1 Å². The molecule has 0 saturated heterocycles. The number of carbonyl (C=O) groups is 2. The Hall–Kier alpha value is -2.43. The number of aromatic nitrogens is 2. The molecule has 0 unspecified atom stereocenters. The molecule has 80 valence electrons. The van der Waals surface area contributed by atoms with Crippen molar-refractivity contribution in [1.29, 1.82) is 0 Å². The van der Waals surface area contributed by atoms with E-state index in [0.29, 0.717) is 16.8 Å². The predicted octanol–water partition coefficient (Wildman–Crippen LogP) is 1.47. The van der Waals surface area contributed by atoms with E-state index in [2.05, 4.69) is 10.2 Å². The molecule has 0 bridgehead atoms.